The number of benzene rings is 1. The first-order valence-electron chi connectivity index (χ1n) is 9.39. The average Bonchev–Trinajstić information content (AvgIpc) is 3.07. The standard InChI is InChI=1S/C22H21ClN4O2.2ClH.H2O/c1-14-10-16-7-9-27(19(16)11-18(14)23)13-21(28)26-17-5-6-22(25-12-17)29-20-4-3-8-24-15(20)2;;;/h3-6,8,10-12H,7,9,13H2,1-2H3,(H,26,28);2*1H;1H2. The molecule has 2 aromatic heterocycles. The molecule has 1 amide bonds. The van der Waals surface area contributed by atoms with Crippen molar-refractivity contribution in [3.8, 4) is 11.6 Å². The SMILES string of the molecule is Cc1cc2c(cc1Cl)N(CC(=O)Nc1ccc(Oc3cccnc3C)nc1)CC2.Cl.Cl.O. The smallest absolute Gasteiger partial charge is 0.243 e. The molecule has 1 aliphatic heterocycles. The number of amides is 1. The van der Waals surface area contributed by atoms with Gasteiger partial charge < -0.3 is 20.4 Å². The van der Waals surface area contributed by atoms with E-state index in [9.17, 15) is 4.79 Å². The van der Waals surface area contributed by atoms with Gasteiger partial charge in [-0.1, -0.05) is 17.7 Å². The Kier molecular flexibility index (Phi) is 10.2. The summed E-state index contributed by atoms with van der Waals surface area (Å²) in [7, 11) is 0. The predicted octanol–water partition coefficient (Wildman–Crippen LogP) is 4.56. The number of carbonyl (C=O) groups is 1. The van der Waals surface area contributed by atoms with Crippen LogP contribution in [0.4, 0.5) is 11.4 Å². The molecule has 0 fully saturated rings. The van der Waals surface area contributed by atoms with E-state index in [0.29, 0.717) is 17.3 Å². The molecule has 0 atom stereocenters. The quantitative estimate of drug-likeness (QED) is 0.555. The number of fused-ring (bicyclic) bond motifs is 1. The number of anilines is 2. The number of hydrogen-bond acceptors (Lipinski definition) is 5. The van der Waals surface area contributed by atoms with Gasteiger partial charge in [0.1, 0.15) is 0 Å². The number of pyridine rings is 2. The van der Waals surface area contributed by atoms with E-state index in [2.05, 4.69) is 21.4 Å². The fourth-order valence-electron chi connectivity index (χ4n) is 3.34. The molecule has 0 aliphatic carbocycles. The Morgan fingerprint density at radius 1 is 1.19 bits per heavy atom. The third-order valence-corrected chi connectivity index (χ3v) is 5.29. The summed E-state index contributed by atoms with van der Waals surface area (Å²) >= 11 is 6.26. The van der Waals surface area contributed by atoms with Gasteiger partial charge in [0, 0.05) is 29.5 Å². The minimum atomic E-state index is -0.104. The molecule has 10 heteroatoms. The lowest BCUT2D eigenvalue weighted by Crippen LogP contribution is -2.31. The van der Waals surface area contributed by atoms with E-state index < -0.39 is 0 Å². The van der Waals surface area contributed by atoms with Crippen molar-refractivity contribution in [1.82, 2.24) is 9.97 Å². The van der Waals surface area contributed by atoms with Crippen LogP contribution in [0.25, 0.3) is 0 Å². The molecule has 3 heterocycles. The molecule has 3 N–H and O–H groups in total. The maximum absolute atomic E-state index is 12.5. The van der Waals surface area contributed by atoms with Crippen LogP contribution in [-0.2, 0) is 11.2 Å². The van der Waals surface area contributed by atoms with Crippen molar-refractivity contribution in [2.24, 2.45) is 0 Å². The Bertz CT molecular complexity index is 1060. The lowest BCUT2D eigenvalue weighted by atomic mass is 10.1. The van der Waals surface area contributed by atoms with Crippen molar-refractivity contribution in [3.05, 3.63) is 70.6 Å². The number of nitrogens with zero attached hydrogens (tertiary/aromatic N) is 3. The van der Waals surface area contributed by atoms with Crippen LogP contribution in [0.3, 0.4) is 0 Å². The third kappa shape index (κ3) is 6.23. The van der Waals surface area contributed by atoms with Crippen LogP contribution >= 0.6 is 36.4 Å². The number of hydrogen-bond donors (Lipinski definition) is 1. The van der Waals surface area contributed by atoms with E-state index in [-0.39, 0.29) is 42.7 Å². The lowest BCUT2D eigenvalue weighted by molar-refractivity contribution is -0.115. The first-order chi connectivity index (χ1) is 14.0. The number of ether oxygens (including phenoxy) is 1. The number of aromatic nitrogens is 2. The van der Waals surface area contributed by atoms with Gasteiger partial charge in [-0.15, -0.1) is 24.8 Å². The highest BCUT2D eigenvalue weighted by Crippen LogP contribution is 2.32. The first kappa shape index (κ1) is 27.5. The summed E-state index contributed by atoms with van der Waals surface area (Å²) in [6.07, 6.45) is 4.21. The highest BCUT2D eigenvalue weighted by molar-refractivity contribution is 6.31. The van der Waals surface area contributed by atoms with Gasteiger partial charge in [-0.25, -0.2) is 4.98 Å². The van der Waals surface area contributed by atoms with Crippen molar-refractivity contribution in [2.45, 2.75) is 20.3 Å². The molecular formula is C22H25Cl3N4O3. The maximum Gasteiger partial charge on any atom is 0.243 e. The topological polar surface area (TPSA) is 98.9 Å². The van der Waals surface area contributed by atoms with Gasteiger partial charge in [-0.3, -0.25) is 9.78 Å². The maximum atomic E-state index is 12.5. The van der Waals surface area contributed by atoms with E-state index >= 15 is 0 Å². The molecule has 1 aliphatic rings. The largest absolute Gasteiger partial charge is 0.437 e. The summed E-state index contributed by atoms with van der Waals surface area (Å²) in [5.41, 5.74) is 4.73. The minimum Gasteiger partial charge on any atom is -0.437 e. The average molecular weight is 500 g/mol. The Morgan fingerprint density at radius 3 is 2.66 bits per heavy atom. The summed E-state index contributed by atoms with van der Waals surface area (Å²) in [6.45, 7) is 4.93. The Morgan fingerprint density at radius 2 is 1.97 bits per heavy atom. The van der Waals surface area contributed by atoms with Crippen molar-refractivity contribution >= 4 is 53.7 Å². The van der Waals surface area contributed by atoms with Gasteiger partial charge in [0.2, 0.25) is 11.8 Å². The van der Waals surface area contributed by atoms with E-state index in [1.165, 1.54) is 5.56 Å². The van der Waals surface area contributed by atoms with Crippen molar-refractivity contribution < 1.29 is 15.0 Å². The van der Waals surface area contributed by atoms with Gasteiger partial charge >= 0.3 is 0 Å². The number of rotatable bonds is 5. The molecule has 32 heavy (non-hydrogen) atoms. The predicted molar refractivity (Wildman–Crippen MR) is 132 cm³/mol. The zero-order valence-electron chi connectivity index (χ0n) is 17.6. The second kappa shape index (κ2) is 11.9. The number of carbonyl (C=O) groups excluding carboxylic acids is 1. The van der Waals surface area contributed by atoms with Gasteiger partial charge in [-0.2, -0.15) is 0 Å². The Balaban J connectivity index is 0.00000171. The van der Waals surface area contributed by atoms with Crippen LogP contribution in [0.15, 0.2) is 48.8 Å². The van der Waals surface area contributed by atoms with Gasteiger partial charge in [0.15, 0.2) is 5.75 Å². The monoisotopic (exact) mass is 498 g/mol. The van der Waals surface area contributed by atoms with E-state index in [1.54, 1.807) is 24.5 Å². The number of nitrogens with one attached hydrogen (secondary N) is 1. The fraction of sp³-hybridized carbons (Fsp3) is 0.227. The van der Waals surface area contributed by atoms with Crippen LogP contribution in [-0.4, -0.2) is 34.4 Å². The second-order valence-corrected chi connectivity index (χ2v) is 7.43. The highest BCUT2D eigenvalue weighted by atomic mass is 35.5. The zero-order chi connectivity index (χ0) is 20.4. The van der Waals surface area contributed by atoms with Crippen LogP contribution in [0.5, 0.6) is 11.6 Å². The third-order valence-electron chi connectivity index (χ3n) is 4.88. The summed E-state index contributed by atoms with van der Waals surface area (Å²) in [4.78, 5) is 23.0. The molecule has 0 saturated heterocycles. The minimum absolute atomic E-state index is 0. The molecule has 4 rings (SSSR count). The molecule has 0 radical (unpaired) electrons. The van der Waals surface area contributed by atoms with Crippen LogP contribution < -0.4 is 15.0 Å². The molecule has 0 spiro atoms. The summed E-state index contributed by atoms with van der Waals surface area (Å²) in [5, 5.41) is 3.61. The van der Waals surface area contributed by atoms with E-state index in [0.717, 1.165) is 34.9 Å². The summed E-state index contributed by atoms with van der Waals surface area (Å²) in [6, 6.07) is 11.2. The van der Waals surface area contributed by atoms with Crippen molar-refractivity contribution in [2.75, 3.05) is 23.3 Å². The van der Waals surface area contributed by atoms with Crippen molar-refractivity contribution in [1.29, 1.82) is 0 Å². The Labute approximate surface area is 204 Å². The molecule has 172 valence electrons. The van der Waals surface area contributed by atoms with E-state index in [1.807, 2.05) is 36.9 Å². The van der Waals surface area contributed by atoms with Gasteiger partial charge in [-0.05, 0) is 55.7 Å². The molecule has 7 nitrogen and oxygen atoms in total. The molecule has 0 unspecified atom stereocenters. The van der Waals surface area contributed by atoms with Crippen LogP contribution in [0.1, 0.15) is 16.8 Å². The van der Waals surface area contributed by atoms with Gasteiger partial charge in [0.25, 0.3) is 0 Å². The van der Waals surface area contributed by atoms with E-state index in [4.69, 9.17) is 16.3 Å². The highest BCUT2D eigenvalue weighted by Gasteiger charge is 2.22. The van der Waals surface area contributed by atoms with Crippen LogP contribution in [0, 0.1) is 13.8 Å². The summed E-state index contributed by atoms with van der Waals surface area (Å²) < 4.78 is 5.73. The zero-order valence-corrected chi connectivity index (χ0v) is 20.0. The summed E-state index contributed by atoms with van der Waals surface area (Å²) in [5.74, 6) is 0.990. The van der Waals surface area contributed by atoms with Crippen molar-refractivity contribution in [3.63, 3.8) is 0 Å². The second-order valence-electron chi connectivity index (χ2n) is 7.02. The van der Waals surface area contributed by atoms with Crippen LogP contribution in [0.2, 0.25) is 5.02 Å². The molecular weight excluding hydrogens is 475 g/mol. The normalized spacial score (nSPS) is 11.4. The Hall–Kier alpha value is -2.58. The lowest BCUT2D eigenvalue weighted by Gasteiger charge is -2.19. The molecule has 3 aromatic rings. The fourth-order valence-corrected chi connectivity index (χ4v) is 3.50. The number of aryl methyl sites for hydroxylation is 2. The molecule has 1 aromatic carbocycles. The first-order valence-corrected chi connectivity index (χ1v) is 9.77. The molecule has 0 bridgehead atoms. The van der Waals surface area contributed by atoms with Gasteiger partial charge in [0.05, 0.1) is 24.1 Å². The number of halogens is 3. The molecule has 0 saturated carbocycles.